The molecular weight excluding hydrogens is 375 g/mol. The highest BCUT2D eigenvalue weighted by Gasteiger charge is 2.33. The molecule has 0 spiro atoms. The molecule has 0 aliphatic rings. The Balaban J connectivity index is 2.16. The van der Waals surface area contributed by atoms with E-state index in [4.69, 9.17) is 4.74 Å². The molecule has 2 aromatic rings. The van der Waals surface area contributed by atoms with Crippen molar-refractivity contribution < 1.29 is 32.2 Å². The number of carbonyl (C=O) groups is 2. The molecule has 2 rings (SSSR count). The second-order valence-corrected chi connectivity index (χ2v) is 5.74. The van der Waals surface area contributed by atoms with Gasteiger partial charge in [0.05, 0.1) is 19.3 Å². The van der Waals surface area contributed by atoms with Crippen LogP contribution in [0.4, 0.5) is 18.9 Å². The number of esters is 1. The fraction of sp³-hybridized carbons (Fsp3) is 0.200. The predicted molar refractivity (Wildman–Crippen MR) is 97.6 cm³/mol. The molecule has 0 bridgehead atoms. The number of hydrogen-bond donors (Lipinski definition) is 1. The Hall–Kier alpha value is -3.13. The number of ether oxygens (including phenoxy) is 2. The van der Waals surface area contributed by atoms with Crippen molar-refractivity contribution in [1.82, 2.24) is 0 Å². The third-order valence-corrected chi connectivity index (χ3v) is 3.76. The number of halogens is 3. The van der Waals surface area contributed by atoms with Crippen molar-refractivity contribution in [3.63, 3.8) is 0 Å². The minimum Gasteiger partial charge on any atom is -0.466 e. The van der Waals surface area contributed by atoms with Crippen molar-refractivity contribution in [1.29, 1.82) is 0 Å². The molecular formula is C20H18F3NO4. The molecule has 0 radical (unpaired) electrons. The second kappa shape index (κ2) is 9.18. The molecule has 5 nitrogen and oxygen atoms in total. The maximum Gasteiger partial charge on any atom is 0.416 e. The van der Waals surface area contributed by atoms with Gasteiger partial charge in [-0.1, -0.05) is 18.2 Å². The average molecular weight is 393 g/mol. The van der Waals surface area contributed by atoms with E-state index in [9.17, 15) is 22.8 Å². The summed E-state index contributed by atoms with van der Waals surface area (Å²) >= 11 is 0. The molecule has 8 heteroatoms. The summed E-state index contributed by atoms with van der Waals surface area (Å²) in [6.07, 6.45) is -1.82. The molecule has 28 heavy (non-hydrogen) atoms. The van der Waals surface area contributed by atoms with Gasteiger partial charge in [0.2, 0.25) is 0 Å². The maximum atomic E-state index is 13.2. The van der Waals surface area contributed by atoms with Gasteiger partial charge in [-0.05, 0) is 41.5 Å². The Kier molecular flexibility index (Phi) is 6.94. The first-order valence-electron chi connectivity index (χ1n) is 8.11. The van der Waals surface area contributed by atoms with Crippen molar-refractivity contribution in [3.8, 4) is 0 Å². The van der Waals surface area contributed by atoms with Crippen molar-refractivity contribution in [3.05, 3.63) is 70.8 Å². The molecule has 0 atom stereocenters. The van der Waals surface area contributed by atoms with Gasteiger partial charge in [-0.15, -0.1) is 0 Å². The molecule has 1 amide bonds. The maximum absolute atomic E-state index is 13.2. The zero-order chi connectivity index (χ0) is 20.7. The van der Waals surface area contributed by atoms with Gasteiger partial charge in [0, 0.05) is 24.4 Å². The zero-order valence-electron chi connectivity index (χ0n) is 15.2. The summed E-state index contributed by atoms with van der Waals surface area (Å²) in [5.74, 6) is -1.07. The Morgan fingerprint density at radius 1 is 1.07 bits per heavy atom. The number of methoxy groups -OCH3 is 2. The molecule has 0 aromatic heterocycles. The fourth-order valence-corrected chi connectivity index (χ4v) is 2.38. The summed E-state index contributed by atoms with van der Waals surface area (Å²) in [5.41, 5.74) is 0.0482. The lowest BCUT2D eigenvalue weighted by Gasteiger charge is -2.14. The van der Waals surface area contributed by atoms with Crippen LogP contribution in [0.25, 0.3) is 6.08 Å². The van der Waals surface area contributed by atoms with Crippen LogP contribution in [0.15, 0.2) is 48.5 Å². The lowest BCUT2D eigenvalue weighted by Crippen LogP contribution is -2.14. The Morgan fingerprint density at radius 2 is 1.75 bits per heavy atom. The Morgan fingerprint density at radius 3 is 2.32 bits per heavy atom. The number of hydrogen-bond acceptors (Lipinski definition) is 4. The molecule has 0 saturated heterocycles. The van der Waals surface area contributed by atoms with Crippen LogP contribution >= 0.6 is 0 Å². The van der Waals surface area contributed by atoms with Crippen LogP contribution in [-0.2, 0) is 27.1 Å². The van der Waals surface area contributed by atoms with E-state index in [1.165, 1.54) is 50.6 Å². The number of benzene rings is 2. The van der Waals surface area contributed by atoms with Crippen molar-refractivity contribution in [2.75, 3.05) is 19.5 Å². The summed E-state index contributed by atoms with van der Waals surface area (Å²) in [4.78, 5) is 23.4. The summed E-state index contributed by atoms with van der Waals surface area (Å²) in [6.45, 7) is -0.191. The monoisotopic (exact) mass is 393 g/mol. The van der Waals surface area contributed by atoms with Gasteiger partial charge < -0.3 is 14.8 Å². The Bertz CT molecular complexity index is 874. The van der Waals surface area contributed by atoms with Crippen LogP contribution in [0.1, 0.15) is 27.0 Å². The summed E-state index contributed by atoms with van der Waals surface area (Å²) in [6, 6.07) is 9.71. The third-order valence-electron chi connectivity index (χ3n) is 3.76. The van der Waals surface area contributed by atoms with Crippen LogP contribution in [-0.4, -0.2) is 26.1 Å². The fourth-order valence-electron chi connectivity index (χ4n) is 2.38. The van der Waals surface area contributed by atoms with Gasteiger partial charge in [-0.2, -0.15) is 13.2 Å². The highest BCUT2D eigenvalue weighted by atomic mass is 19.4. The number of rotatable bonds is 6. The molecule has 0 aliphatic heterocycles. The smallest absolute Gasteiger partial charge is 0.416 e. The van der Waals surface area contributed by atoms with Gasteiger partial charge >= 0.3 is 12.1 Å². The molecule has 0 aliphatic carbocycles. The molecule has 148 valence electrons. The van der Waals surface area contributed by atoms with Crippen molar-refractivity contribution in [2.45, 2.75) is 12.8 Å². The molecule has 0 unspecified atom stereocenters. The van der Waals surface area contributed by atoms with E-state index >= 15 is 0 Å². The number of anilines is 1. The summed E-state index contributed by atoms with van der Waals surface area (Å²) < 4.78 is 48.9. The first-order valence-corrected chi connectivity index (χ1v) is 8.11. The summed E-state index contributed by atoms with van der Waals surface area (Å²) in [7, 11) is 2.56. The molecule has 0 fully saturated rings. The van der Waals surface area contributed by atoms with Gasteiger partial charge in [0.15, 0.2) is 0 Å². The van der Waals surface area contributed by atoms with E-state index in [2.05, 4.69) is 10.1 Å². The minimum absolute atomic E-state index is 0.0188. The number of carbonyl (C=O) groups excluding carboxylic acids is 2. The van der Waals surface area contributed by atoms with Gasteiger partial charge in [-0.3, -0.25) is 4.79 Å². The zero-order valence-corrected chi connectivity index (χ0v) is 15.2. The van der Waals surface area contributed by atoms with Crippen molar-refractivity contribution >= 4 is 23.6 Å². The largest absolute Gasteiger partial charge is 0.466 e. The number of nitrogens with one attached hydrogen (secondary N) is 1. The molecule has 1 N–H and O–H groups in total. The standard InChI is InChI=1S/C20H18F3NO4/c1-27-12-15-8-9-16(11-17(15)20(21,22)23)24-19(26)14-6-3-13(4-7-14)5-10-18(25)28-2/h3-11H,12H2,1-2H3,(H,24,26). The van der Waals surface area contributed by atoms with Crippen molar-refractivity contribution in [2.24, 2.45) is 0 Å². The first kappa shape index (κ1) is 21.2. The average Bonchev–Trinajstić information content (AvgIpc) is 2.67. The highest BCUT2D eigenvalue weighted by Crippen LogP contribution is 2.34. The van der Waals surface area contributed by atoms with Gasteiger partial charge in [-0.25, -0.2) is 4.79 Å². The predicted octanol–water partition coefficient (Wildman–Crippen LogP) is 4.29. The number of amides is 1. The van der Waals surface area contributed by atoms with Crippen LogP contribution in [0.5, 0.6) is 0 Å². The quantitative estimate of drug-likeness (QED) is 0.587. The molecule has 0 heterocycles. The highest BCUT2D eigenvalue weighted by molar-refractivity contribution is 6.04. The van der Waals surface area contributed by atoms with E-state index in [-0.39, 0.29) is 23.4 Å². The third kappa shape index (κ3) is 5.68. The van der Waals surface area contributed by atoms with E-state index in [0.29, 0.717) is 5.56 Å². The Labute approximate surface area is 159 Å². The van der Waals surface area contributed by atoms with Crippen LogP contribution in [0.3, 0.4) is 0 Å². The first-order chi connectivity index (χ1) is 13.2. The lowest BCUT2D eigenvalue weighted by atomic mass is 10.1. The normalized spacial score (nSPS) is 11.5. The van der Waals surface area contributed by atoms with E-state index in [1.807, 2.05) is 0 Å². The molecule has 0 saturated carbocycles. The van der Waals surface area contributed by atoms with E-state index in [1.54, 1.807) is 12.1 Å². The van der Waals surface area contributed by atoms with Crippen LogP contribution in [0.2, 0.25) is 0 Å². The van der Waals surface area contributed by atoms with Gasteiger partial charge in [0.1, 0.15) is 0 Å². The van der Waals surface area contributed by atoms with Crippen LogP contribution in [0, 0.1) is 0 Å². The minimum atomic E-state index is -4.57. The molecule has 2 aromatic carbocycles. The van der Waals surface area contributed by atoms with Crippen LogP contribution < -0.4 is 5.32 Å². The topological polar surface area (TPSA) is 64.6 Å². The second-order valence-electron chi connectivity index (χ2n) is 5.74. The summed E-state index contributed by atoms with van der Waals surface area (Å²) in [5, 5.41) is 2.45. The number of alkyl halides is 3. The lowest BCUT2D eigenvalue weighted by molar-refractivity contribution is -0.138. The SMILES string of the molecule is COCc1ccc(NC(=O)c2ccc(C=CC(=O)OC)cc2)cc1C(F)(F)F. The van der Waals surface area contributed by atoms with E-state index < -0.39 is 23.6 Å². The van der Waals surface area contributed by atoms with Gasteiger partial charge in [0.25, 0.3) is 5.91 Å². The van der Waals surface area contributed by atoms with E-state index in [0.717, 1.165) is 6.07 Å².